The van der Waals surface area contributed by atoms with Crippen LogP contribution in [0.15, 0.2) is 24.3 Å². The molecule has 0 saturated carbocycles. The van der Waals surface area contributed by atoms with E-state index in [0.717, 1.165) is 29.1 Å². The van der Waals surface area contributed by atoms with E-state index >= 15 is 0 Å². The lowest BCUT2D eigenvalue weighted by Crippen LogP contribution is -2.25. The molecule has 0 spiro atoms. The Balaban J connectivity index is 2.13. The van der Waals surface area contributed by atoms with E-state index in [2.05, 4.69) is 18.9 Å². The zero-order chi connectivity index (χ0) is 15.1. The lowest BCUT2D eigenvalue weighted by Gasteiger charge is -2.25. The lowest BCUT2D eigenvalue weighted by molar-refractivity contribution is 0.0931. The molecule has 0 fully saturated rings. The molecule has 110 valence electrons. The van der Waals surface area contributed by atoms with Crippen LogP contribution in [-0.2, 0) is 6.42 Å². The first-order valence-electron chi connectivity index (χ1n) is 7.35. The zero-order valence-corrected chi connectivity index (χ0v) is 13.3. The third kappa shape index (κ3) is 2.51. The van der Waals surface area contributed by atoms with Crippen LogP contribution in [0.2, 0.25) is 5.02 Å². The third-order valence-corrected chi connectivity index (χ3v) is 4.57. The van der Waals surface area contributed by atoms with Gasteiger partial charge in [-0.25, -0.2) is 4.68 Å². The average Bonchev–Trinajstić information content (AvgIpc) is 2.76. The fourth-order valence-electron chi connectivity index (χ4n) is 3.08. The number of hydrogen-bond donors (Lipinski definition) is 0. The summed E-state index contributed by atoms with van der Waals surface area (Å²) in [6, 6.07) is 7.61. The van der Waals surface area contributed by atoms with Crippen LogP contribution in [0.1, 0.15) is 42.0 Å². The molecule has 4 heteroatoms. The molecule has 3 rings (SSSR count). The van der Waals surface area contributed by atoms with Crippen molar-refractivity contribution >= 4 is 17.4 Å². The predicted octanol–water partition coefficient (Wildman–Crippen LogP) is 4.24. The smallest absolute Gasteiger partial charge is 0.166 e. The van der Waals surface area contributed by atoms with Crippen molar-refractivity contribution in [2.45, 2.75) is 33.6 Å². The van der Waals surface area contributed by atoms with Gasteiger partial charge in [-0.2, -0.15) is 5.10 Å². The minimum absolute atomic E-state index is 0.223. The van der Waals surface area contributed by atoms with Crippen molar-refractivity contribution < 1.29 is 4.79 Å². The summed E-state index contributed by atoms with van der Waals surface area (Å²) in [4.78, 5) is 12.5. The Labute approximate surface area is 129 Å². The van der Waals surface area contributed by atoms with E-state index in [4.69, 9.17) is 11.6 Å². The minimum Gasteiger partial charge on any atom is -0.294 e. The van der Waals surface area contributed by atoms with Gasteiger partial charge in [0.1, 0.15) is 0 Å². The molecule has 2 aromatic rings. The van der Waals surface area contributed by atoms with Gasteiger partial charge in [-0.05, 0) is 43.4 Å². The molecule has 0 saturated heterocycles. The van der Waals surface area contributed by atoms with Gasteiger partial charge in [-0.15, -0.1) is 0 Å². The summed E-state index contributed by atoms with van der Waals surface area (Å²) in [5.74, 6) is 1.10. The second kappa shape index (κ2) is 5.30. The van der Waals surface area contributed by atoms with Gasteiger partial charge in [0.15, 0.2) is 5.78 Å². The van der Waals surface area contributed by atoms with Crippen LogP contribution in [0.25, 0.3) is 5.69 Å². The largest absolute Gasteiger partial charge is 0.294 e. The fourth-order valence-corrected chi connectivity index (χ4v) is 3.26. The Morgan fingerprint density at radius 2 is 2.10 bits per heavy atom. The van der Waals surface area contributed by atoms with Crippen molar-refractivity contribution in [2.24, 2.45) is 11.8 Å². The van der Waals surface area contributed by atoms with E-state index in [1.54, 1.807) is 0 Å². The van der Waals surface area contributed by atoms with Gasteiger partial charge < -0.3 is 0 Å². The summed E-state index contributed by atoms with van der Waals surface area (Å²) in [7, 11) is 0. The van der Waals surface area contributed by atoms with Crippen LogP contribution in [0, 0.1) is 18.8 Å². The van der Waals surface area contributed by atoms with Crippen LogP contribution < -0.4 is 0 Å². The number of hydrogen-bond acceptors (Lipinski definition) is 2. The SMILES string of the molecule is Cc1nn(-c2cccc(Cl)c2)c2c1C(=O)CC(C(C)C)C2. The number of benzene rings is 1. The first-order chi connectivity index (χ1) is 9.97. The standard InChI is InChI=1S/C17H19ClN2O/c1-10(2)12-7-15-17(16(21)8-12)11(3)19-20(15)14-6-4-5-13(18)9-14/h4-6,9-10,12H,7-8H2,1-3H3. The topological polar surface area (TPSA) is 34.9 Å². The molecule has 3 nitrogen and oxygen atoms in total. The van der Waals surface area contributed by atoms with Crippen molar-refractivity contribution in [1.82, 2.24) is 9.78 Å². The number of ketones is 1. The van der Waals surface area contributed by atoms with Gasteiger partial charge >= 0.3 is 0 Å². The summed E-state index contributed by atoms with van der Waals surface area (Å²) in [5.41, 5.74) is 3.58. The highest BCUT2D eigenvalue weighted by Gasteiger charge is 2.32. The predicted molar refractivity (Wildman–Crippen MR) is 84.3 cm³/mol. The second-order valence-corrected chi connectivity index (χ2v) is 6.57. The Bertz CT molecular complexity index is 703. The first kappa shape index (κ1) is 14.3. The maximum atomic E-state index is 12.5. The van der Waals surface area contributed by atoms with Gasteiger partial charge in [0.25, 0.3) is 0 Å². The van der Waals surface area contributed by atoms with E-state index in [1.165, 1.54) is 0 Å². The Kier molecular flexibility index (Phi) is 3.62. The van der Waals surface area contributed by atoms with E-state index in [-0.39, 0.29) is 5.78 Å². The summed E-state index contributed by atoms with van der Waals surface area (Å²) in [6.07, 6.45) is 1.53. The Morgan fingerprint density at radius 3 is 2.76 bits per heavy atom. The number of Topliss-reactive ketones (excluding diaryl/α,β-unsaturated/α-hetero) is 1. The minimum atomic E-state index is 0.223. The van der Waals surface area contributed by atoms with Gasteiger partial charge in [0.05, 0.1) is 22.6 Å². The van der Waals surface area contributed by atoms with Crippen LogP contribution in [0.5, 0.6) is 0 Å². The number of aromatic nitrogens is 2. The molecule has 1 aromatic heterocycles. The van der Waals surface area contributed by atoms with Crippen LogP contribution >= 0.6 is 11.6 Å². The quantitative estimate of drug-likeness (QED) is 0.832. The maximum Gasteiger partial charge on any atom is 0.166 e. The Hall–Kier alpha value is -1.61. The monoisotopic (exact) mass is 302 g/mol. The van der Waals surface area contributed by atoms with Crippen LogP contribution in [0.4, 0.5) is 0 Å². The zero-order valence-electron chi connectivity index (χ0n) is 12.6. The van der Waals surface area contributed by atoms with Crippen molar-refractivity contribution in [1.29, 1.82) is 0 Å². The van der Waals surface area contributed by atoms with Crippen LogP contribution in [-0.4, -0.2) is 15.6 Å². The maximum absolute atomic E-state index is 12.5. The molecule has 0 bridgehead atoms. The van der Waals surface area contributed by atoms with Crippen molar-refractivity contribution in [3.05, 3.63) is 46.2 Å². The molecule has 1 aliphatic rings. The fraction of sp³-hybridized carbons (Fsp3) is 0.412. The van der Waals surface area contributed by atoms with E-state index < -0.39 is 0 Å². The normalized spacial score (nSPS) is 18.1. The van der Waals surface area contributed by atoms with E-state index in [0.29, 0.717) is 23.3 Å². The Morgan fingerprint density at radius 1 is 1.33 bits per heavy atom. The highest BCUT2D eigenvalue weighted by atomic mass is 35.5. The number of fused-ring (bicyclic) bond motifs is 1. The van der Waals surface area contributed by atoms with Crippen LogP contribution in [0.3, 0.4) is 0 Å². The summed E-state index contributed by atoms with van der Waals surface area (Å²) >= 11 is 6.08. The lowest BCUT2D eigenvalue weighted by atomic mass is 9.79. The van der Waals surface area contributed by atoms with Crippen molar-refractivity contribution in [3.63, 3.8) is 0 Å². The second-order valence-electron chi connectivity index (χ2n) is 6.13. The number of halogens is 1. The molecule has 0 radical (unpaired) electrons. The number of nitrogens with zero attached hydrogens (tertiary/aromatic N) is 2. The molecular formula is C17H19ClN2O. The molecule has 0 amide bonds. The molecule has 1 heterocycles. The molecule has 1 atom stereocenters. The molecule has 0 aliphatic heterocycles. The summed E-state index contributed by atoms with van der Waals surface area (Å²) in [6.45, 7) is 6.26. The number of rotatable bonds is 2. The number of carbonyl (C=O) groups is 1. The highest BCUT2D eigenvalue weighted by Crippen LogP contribution is 2.33. The van der Waals surface area contributed by atoms with E-state index in [9.17, 15) is 4.79 Å². The third-order valence-electron chi connectivity index (χ3n) is 4.33. The van der Waals surface area contributed by atoms with Crippen molar-refractivity contribution in [2.75, 3.05) is 0 Å². The van der Waals surface area contributed by atoms with Gasteiger partial charge in [-0.1, -0.05) is 31.5 Å². The molecule has 1 unspecified atom stereocenters. The summed E-state index contributed by atoms with van der Waals surface area (Å²) < 4.78 is 1.89. The van der Waals surface area contributed by atoms with E-state index in [1.807, 2.05) is 35.9 Å². The van der Waals surface area contributed by atoms with Gasteiger partial charge in [0.2, 0.25) is 0 Å². The van der Waals surface area contributed by atoms with Gasteiger partial charge in [-0.3, -0.25) is 4.79 Å². The molecule has 21 heavy (non-hydrogen) atoms. The number of carbonyl (C=O) groups excluding carboxylic acids is 1. The summed E-state index contributed by atoms with van der Waals surface area (Å²) in [5, 5.41) is 5.26. The molecule has 1 aromatic carbocycles. The number of aryl methyl sites for hydroxylation is 1. The van der Waals surface area contributed by atoms with Gasteiger partial charge in [0, 0.05) is 11.4 Å². The highest BCUT2D eigenvalue weighted by molar-refractivity contribution is 6.30. The average molecular weight is 303 g/mol. The molecule has 0 N–H and O–H groups in total. The molecular weight excluding hydrogens is 284 g/mol. The van der Waals surface area contributed by atoms with Crippen molar-refractivity contribution in [3.8, 4) is 5.69 Å². The first-order valence-corrected chi connectivity index (χ1v) is 7.72. The molecule has 1 aliphatic carbocycles.